The molecular formula is C10H15N. The van der Waals surface area contributed by atoms with Crippen LogP contribution in [0.25, 0.3) is 0 Å². The molecule has 1 aliphatic carbocycles. The Bertz CT molecular complexity index is 201. The molecule has 0 bridgehead atoms. The highest BCUT2D eigenvalue weighted by Gasteiger charge is 2.10. The van der Waals surface area contributed by atoms with Crippen LogP contribution in [0.5, 0.6) is 0 Å². The zero-order chi connectivity index (χ0) is 7.52. The van der Waals surface area contributed by atoms with Gasteiger partial charge in [-0.2, -0.15) is 0 Å². The van der Waals surface area contributed by atoms with Crippen LogP contribution in [0, 0.1) is 0 Å². The van der Waals surface area contributed by atoms with Gasteiger partial charge in [0.05, 0.1) is 0 Å². The lowest BCUT2D eigenvalue weighted by molar-refractivity contribution is 0.716. The topological polar surface area (TPSA) is 12.0 Å². The molecule has 0 saturated heterocycles. The van der Waals surface area contributed by atoms with Gasteiger partial charge in [0.15, 0.2) is 0 Å². The fourth-order valence-corrected chi connectivity index (χ4v) is 1.84. The third-order valence-corrected chi connectivity index (χ3v) is 2.50. The molecule has 0 aromatic heterocycles. The standard InChI is InChI=1S/C10H15N/c1-2-7-10-9(5-1)6-3-4-8-11-10/h2,7,11H,1,3-6,8H2. The molecule has 0 saturated carbocycles. The molecule has 0 aromatic rings. The Morgan fingerprint density at radius 1 is 1.18 bits per heavy atom. The zero-order valence-electron chi connectivity index (χ0n) is 6.90. The van der Waals surface area contributed by atoms with E-state index >= 15 is 0 Å². The van der Waals surface area contributed by atoms with Gasteiger partial charge < -0.3 is 5.32 Å². The average Bonchev–Trinajstić information content (AvgIpc) is 2.28. The first-order chi connectivity index (χ1) is 5.47. The van der Waals surface area contributed by atoms with Crippen molar-refractivity contribution in [2.45, 2.75) is 32.1 Å². The molecule has 1 heteroatoms. The molecule has 0 radical (unpaired) electrons. The quantitative estimate of drug-likeness (QED) is 0.557. The number of hydrogen-bond donors (Lipinski definition) is 1. The molecule has 0 spiro atoms. The van der Waals surface area contributed by atoms with Crippen molar-refractivity contribution in [3.63, 3.8) is 0 Å². The third-order valence-electron chi connectivity index (χ3n) is 2.50. The molecule has 1 aliphatic heterocycles. The van der Waals surface area contributed by atoms with Crippen molar-refractivity contribution < 1.29 is 0 Å². The fourth-order valence-electron chi connectivity index (χ4n) is 1.84. The van der Waals surface area contributed by atoms with Gasteiger partial charge in [0.25, 0.3) is 0 Å². The highest BCUT2D eigenvalue weighted by molar-refractivity contribution is 5.28. The predicted octanol–water partition coefficient (Wildman–Crippen LogP) is 2.36. The average molecular weight is 149 g/mol. The molecule has 0 aromatic carbocycles. The lowest BCUT2D eigenvalue weighted by atomic mass is 9.99. The van der Waals surface area contributed by atoms with Crippen LogP contribution in [-0.4, -0.2) is 6.54 Å². The first-order valence-electron chi connectivity index (χ1n) is 4.59. The van der Waals surface area contributed by atoms with Crippen molar-refractivity contribution in [2.24, 2.45) is 0 Å². The van der Waals surface area contributed by atoms with Gasteiger partial charge in [0.2, 0.25) is 0 Å². The summed E-state index contributed by atoms with van der Waals surface area (Å²) in [6.07, 6.45) is 11.1. The summed E-state index contributed by atoms with van der Waals surface area (Å²) in [6.45, 7) is 1.17. The maximum atomic E-state index is 3.48. The highest BCUT2D eigenvalue weighted by atomic mass is 14.9. The normalized spacial score (nSPS) is 24.0. The van der Waals surface area contributed by atoms with E-state index in [1.54, 1.807) is 5.57 Å². The van der Waals surface area contributed by atoms with Gasteiger partial charge in [-0.1, -0.05) is 6.08 Å². The van der Waals surface area contributed by atoms with Gasteiger partial charge in [0.1, 0.15) is 0 Å². The summed E-state index contributed by atoms with van der Waals surface area (Å²) in [7, 11) is 0. The summed E-state index contributed by atoms with van der Waals surface area (Å²) in [5, 5.41) is 3.48. The van der Waals surface area contributed by atoms with Gasteiger partial charge in [-0.05, 0) is 43.8 Å². The van der Waals surface area contributed by atoms with Gasteiger partial charge >= 0.3 is 0 Å². The lowest BCUT2D eigenvalue weighted by Crippen LogP contribution is -2.13. The predicted molar refractivity (Wildman–Crippen MR) is 47.3 cm³/mol. The van der Waals surface area contributed by atoms with Crippen LogP contribution in [0.4, 0.5) is 0 Å². The van der Waals surface area contributed by atoms with E-state index in [9.17, 15) is 0 Å². The largest absolute Gasteiger partial charge is 0.385 e. The van der Waals surface area contributed by atoms with Gasteiger partial charge in [-0.25, -0.2) is 0 Å². The second-order valence-electron chi connectivity index (χ2n) is 3.34. The van der Waals surface area contributed by atoms with E-state index in [1.165, 1.54) is 44.3 Å². The van der Waals surface area contributed by atoms with Gasteiger partial charge in [-0.3, -0.25) is 0 Å². The molecule has 60 valence electrons. The molecule has 1 nitrogen and oxygen atoms in total. The lowest BCUT2D eigenvalue weighted by Gasteiger charge is -2.13. The molecular weight excluding hydrogens is 134 g/mol. The van der Waals surface area contributed by atoms with Crippen molar-refractivity contribution in [2.75, 3.05) is 6.54 Å². The first-order valence-corrected chi connectivity index (χ1v) is 4.59. The van der Waals surface area contributed by atoms with Crippen LogP contribution >= 0.6 is 0 Å². The van der Waals surface area contributed by atoms with E-state index in [4.69, 9.17) is 0 Å². The summed E-state index contributed by atoms with van der Waals surface area (Å²) < 4.78 is 0. The molecule has 0 amide bonds. The molecule has 2 aliphatic rings. The molecule has 1 N–H and O–H groups in total. The van der Waals surface area contributed by atoms with Crippen molar-refractivity contribution in [3.8, 4) is 0 Å². The Hall–Kier alpha value is -0.720. The summed E-state index contributed by atoms with van der Waals surface area (Å²) in [5.74, 6) is 0. The smallest absolute Gasteiger partial charge is 0.0328 e. The van der Waals surface area contributed by atoms with Gasteiger partial charge in [-0.15, -0.1) is 0 Å². The van der Waals surface area contributed by atoms with Crippen LogP contribution in [0.15, 0.2) is 23.4 Å². The number of allylic oxidation sites excluding steroid dienone is 3. The van der Waals surface area contributed by atoms with E-state index < -0.39 is 0 Å². The number of rotatable bonds is 0. The second kappa shape index (κ2) is 3.12. The van der Waals surface area contributed by atoms with E-state index in [2.05, 4.69) is 17.5 Å². The van der Waals surface area contributed by atoms with Gasteiger partial charge in [0, 0.05) is 12.2 Å². The second-order valence-corrected chi connectivity index (χ2v) is 3.34. The molecule has 2 rings (SSSR count). The minimum absolute atomic E-state index is 1.17. The van der Waals surface area contributed by atoms with Crippen LogP contribution in [0.1, 0.15) is 32.1 Å². The molecule has 1 heterocycles. The van der Waals surface area contributed by atoms with Crippen molar-refractivity contribution in [1.29, 1.82) is 0 Å². The fraction of sp³-hybridized carbons (Fsp3) is 0.600. The molecule has 0 unspecified atom stereocenters. The van der Waals surface area contributed by atoms with Crippen LogP contribution in [-0.2, 0) is 0 Å². The van der Waals surface area contributed by atoms with Crippen molar-refractivity contribution >= 4 is 0 Å². The Morgan fingerprint density at radius 2 is 2.18 bits per heavy atom. The van der Waals surface area contributed by atoms with E-state index in [-0.39, 0.29) is 0 Å². The summed E-state index contributed by atoms with van der Waals surface area (Å²) in [6, 6.07) is 0. The van der Waals surface area contributed by atoms with Crippen molar-refractivity contribution in [1.82, 2.24) is 5.32 Å². The van der Waals surface area contributed by atoms with Crippen LogP contribution in [0.2, 0.25) is 0 Å². The third kappa shape index (κ3) is 1.47. The summed E-state index contributed by atoms with van der Waals surface area (Å²) in [4.78, 5) is 0. The molecule has 0 atom stereocenters. The molecule has 11 heavy (non-hydrogen) atoms. The van der Waals surface area contributed by atoms with Crippen LogP contribution in [0.3, 0.4) is 0 Å². The minimum atomic E-state index is 1.17. The summed E-state index contributed by atoms with van der Waals surface area (Å²) >= 11 is 0. The highest BCUT2D eigenvalue weighted by Crippen LogP contribution is 2.23. The Balaban J connectivity index is 2.17. The summed E-state index contributed by atoms with van der Waals surface area (Å²) in [5.41, 5.74) is 3.08. The van der Waals surface area contributed by atoms with Crippen molar-refractivity contribution in [3.05, 3.63) is 23.4 Å². The Labute approximate surface area is 68.2 Å². The van der Waals surface area contributed by atoms with E-state index in [1.807, 2.05) is 0 Å². The maximum absolute atomic E-state index is 3.48. The van der Waals surface area contributed by atoms with Crippen LogP contribution < -0.4 is 5.32 Å². The maximum Gasteiger partial charge on any atom is 0.0328 e. The Morgan fingerprint density at radius 3 is 3.18 bits per heavy atom. The number of hydrogen-bond acceptors (Lipinski definition) is 1. The zero-order valence-corrected chi connectivity index (χ0v) is 6.90. The number of nitrogens with one attached hydrogen (secondary N) is 1. The minimum Gasteiger partial charge on any atom is -0.385 e. The first kappa shape index (κ1) is 6.96. The molecule has 0 fully saturated rings. The van der Waals surface area contributed by atoms with E-state index in [0.29, 0.717) is 0 Å². The Kier molecular flexibility index (Phi) is 1.97. The monoisotopic (exact) mass is 149 g/mol. The SMILES string of the molecule is C1=CC2=C(CC1)CCCCN2. The van der Waals surface area contributed by atoms with E-state index in [0.717, 1.165) is 0 Å².